The molecule has 1 N–H and O–H groups in total. The van der Waals surface area contributed by atoms with Crippen LogP contribution in [0.1, 0.15) is 35.1 Å². The van der Waals surface area contributed by atoms with Crippen molar-refractivity contribution in [2.45, 2.75) is 32.3 Å². The zero-order chi connectivity index (χ0) is 19.1. The van der Waals surface area contributed by atoms with Gasteiger partial charge in [-0.05, 0) is 38.8 Å². The van der Waals surface area contributed by atoms with Crippen molar-refractivity contribution >= 4 is 16.7 Å². The molecule has 0 spiro atoms. The molecule has 1 aliphatic heterocycles. The lowest BCUT2D eigenvalue weighted by atomic mass is 9.92. The number of hydrogen-bond donors (Lipinski definition) is 1. The number of pyridine rings is 2. The predicted molar refractivity (Wildman–Crippen MR) is 88.7 cm³/mol. The van der Waals surface area contributed by atoms with Gasteiger partial charge in [-0.2, -0.15) is 5.26 Å². The molecule has 0 aromatic carbocycles. The Balaban J connectivity index is 2.00. The quantitative estimate of drug-likeness (QED) is 0.918. The molecule has 0 unspecified atom stereocenters. The minimum atomic E-state index is -2.45. The fourth-order valence-corrected chi connectivity index (χ4v) is 2.97. The Kier molecular flexibility index (Phi) is 2.98. The number of fused-ring (bicyclic) bond motifs is 1. The van der Waals surface area contributed by atoms with E-state index in [9.17, 15) is 10.1 Å². The Morgan fingerprint density at radius 3 is 2.87 bits per heavy atom. The van der Waals surface area contributed by atoms with Crippen molar-refractivity contribution in [1.29, 1.82) is 5.26 Å². The summed E-state index contributed by atoms with van der Waals surface area (Å²) in [6.45, 7) is 4.56. The van der Waals surface area contributed by atoms with Crippen LogP contribution in [-0.2, 0) is 4.74 Å². The molecule has 3 heterocycles. The lowest BCUT2D eigenvalue weighted by Crippen LogP contribution is -2.44. The fourth-order valence-electron chi connectivity index (χ4n) is 2.97. The first-order valence-electron chi connectivity index (χ1n) is 9.01. The van der Waals surface area contributed by atoms with Crippen molar-refractivity contribution in [1.82, 2.24) is 9.97 Å². The number of aryl methyl sites for hydroxylation is 1. The lowest BCUT2D eigenvalue weighted by molar-refractivity contribution is -0.0132. The van der Waals surface area contributed by atoms with Crippen LogP contribution in [0.2, 0.25) is 0 Å². The monoisotopic (exact) mass is 315 g/mol. The maximum Gasteiger partial charge on any atom is 0.268 e. The van der Waals surface area contributed by atoms with Crippen LogP contribution < -0.4 is 10.5 Å². The van der Waals surface area contributed by atoms with Crippen molar-refractivity contribution in [2.24, 2.45) is 0 Å². The van der Waals surface area contributed by atoms with E-state index in [0.717, 1.165) is 5.69 Å². The summed E-state index contributed by atoms with van der Waals surface area (Å²) in [5, 5.41) is 9.49. The van der Waals surface area contributed by atoms with Gasteiger partial charge >= 0.3 is 0 Å². The standard InChI is InChI=1S/C17H20N4O2/c1-11-4-5-13-14(19-11)15(12(10-18)16(22)20-13)21-8-6-17(2,23-3)7-9-21/h4-5H,6-9H2,1-3H3,(H,20,22)/i3D3. The van der Waals surface area contributed by atoms with E-state index >= 15 is 0 Å². The van der Waals surface area contributed by atoms with E-state index in [-0.39, 0.29) is 5.56 Å². The van der Waals surface area contributed by atoms with E-state index in [0.29, 0.717) is 42.7 Å². The first-order valence-corrected chi connectivity index (χ1v) is 7.51. The van der Waals surface area contributed by atoms with Crippen molar-refractivity contribution in [3.8, 4) is 6.07 Å². The topological polar surface area (TPSA) is 82.0 Å². The van der Waals surface area contributed by atoms with Gasteiger partial charge in [0.05, 0.1) is 20.9 Å². The van der Waals surface area contributed by atoms with Gasteiger partial charge in [-0.3, -0.25) is 4.79 Å². The summed E-state index contributed by atoms with van der Waals surface area (Å²) in [5.74, 6) is 0. The van der Waals surface area contributed by atoms with Gasteiger partial charge in [0, 0.05) is 25.8 Å². The number of hydrogen-bond acceptors (Lipinski definition) is 5. The molecule has 0 saturated carbocycles. The van der Waals surface area contributed by atoms with Gasteiger partial charge in [0.15, 0.2) is 0 Å². The highest BCUT2D eigenvalue weighted by Crippen LogP contribution is 2.32. The second-order valence-electron chi connectivity index (χ2n) is 6.18. The first-order chi connectivity index (χ1) is 12.1. The molecule has 0 bridgehead atoms. The van der Waals surface area contributed by atoms with Crippen LogP contribution in [-0.4, -0.2) is 35.7 Å². The third-order valence-electron chi connectivity index (χ3n) is 4.47. The molecule has 6 heteroatoms. The molecule has 0 atom stereocenters. The Morgan fingerprint density at radius 2 is 2.22 bits per heavy atom. The molecule has 6 nitrogen and oxygen atoms in total. The third kappa shape index (κ3) is 2.68. The van der Waals surface area contributed by atoms with Gasteiger partial charge in [-0.15, -0.1) is 0 Å². The highest BCUT2D eigenvalue weighted by atomic mass is 16.5. The molecule has 1 aliphatic rings. The summed E-state index contributed by atoms with van der Waals surface area (Å²) >= 11 is 0. The number of methoxy groups -OCH3 is 1. The van der Waals surface area contributed by atoms with Gasteiger partial charge in [-0.1, -0.05) is 0 Å². The lowest BCUT2D eigenvalue weighted by Gasteiger charge is -2.39. The summed E-state index contributed by atoms with van der Waals surface area (Å²) in [7, 11) is -2.45. The molecule has 1 fully saturated rings. The average molecular weight is 315 g/mol. The number of nitrogens with zero attached hydrogens (tertiary/aromatic N) is 3. The fraction of sp³-hybridized carbons (Fsp3) is 0.471. The van der Waals surface area contributed by atoms with Crippen molar-refractivity contribution in [3.05, 3.63) is 33.7 Å². The van der Waals surface area contributed by atoms with E-state index in [2.05, 4.69) is 9.97 Å². The summed E-state index contributed by atoms with van der Waals surface area (Å²) in [6, 6.07) is 5.56. The van der Waals surface area contributed by atoms with Crippen LogP contribution in [0.15, 0.2) is 16.9 Å². The molecule has 3 rings (SSSR count). The van der Waals surface area contributed by atoms with E-state index in [1.54, 1.807) is 19.1 Å². The van der Waals surface area contributed by atoms with Gasteiger partial charge in [0.1, 0.15) is 17.1 Å². The van der Waals surface area contributed by atoms with Crippen LogP contribution in [0.3, 0.4) is 0 Å². The van der Waals surface area contributed by atoms with Crippen molar-refractivity contribution in [2.75, 3.05) is 25.0 Å². The Morgan fingerprint density at radius 1 is 1.48 bits per heavy atom. The smallest absolute Gasteiger partial charge is 0.268 e. The minimum Gasteiger partial charge on any atom is -0.378 e. The van der Waals surface area contributed by atoms with E-state index in [1.165, 1.54) is 0 Å². The maximum atomic E-state index is 12.3. The van der Waals surface area contributed by atoms with Crippen LogP contribution in [0.5, 0.6) is 0 Å². The van der Waals surface area contributed by atoms with Gasteiger partial charge in [0.2, 0.25) is 0 Å². The number of H-pyrrole nitrogens is 1. The van der Waals surface area contributed by atoms with E-state index in [4.69, 9.17) is 8.85 Å². The minimum absolute atomic E-state index is 0.0240. The number of anilines is 1. The average Bonchev–Trinajstić information content (AvgIpc) is 2.53. The molecule has 0 aliphatic carbocycles. The molecule has 2 aromatic heterocycles. The summed E-state index contributed by atoms with van der Waals surface area (Å²) in [6.07, 6.45) is 0.937. The van der Waals surface area contributed by atoms with Crippen LogP contribution in [0.4, 0.5) is 5.69 Å². The molecule has 1 saturated heterocycles. The molecule has 0 amide bonds. The summed E-state index contributed by atoms with van der Waals surface area (Å²) in [5.41, 5.74) is 1.23. The van der Waals surface area contributed by atoms with E-state index in [1.807, 2.05) is 17.9 Å². The molecule has 2 aromatic rings. The molecule has 120 valence electrons. The summed E-state index contributed by atoms with van der Waals surface area (Å²) in [4.78, 5) is 21.4. The molecular weight excluding hydrogens is 292 g/mol. The van der Waals surface area contributed by atoms with Gasteiger partial charge in [-0.25, -0.2) is 4.98 Å². The number of piperidine rings is 1. The van der Waals surface area contributed by atoms with Crippen LogP contribution >= 0.6 is 0 Å². The van der Waals surface area contributed by atoms with Crippen molar-refractivity contribution < 1.29 is 8.85 Å². The largest absolute Gasteiger partial charge is 0.378 e. The molecular formula is C17H20N4O2. The zero-order valence-corrected chi connectivity index (χ0v) is 13.1. The molecule has 0 radical (unpaired) electrons. The van der Waals surface area contributed by atoms with Crippen LogP contribution in [0.25, 0.3) is 11.0 Å². The Labute approximate surface area is 138 Å². The van der Waals surface area contributed by atoms with Crippen molar-refractivity contribution in [3.63, 3.8) is 0 Å². The number of nitriles is 1. The number of ether oxygens (including phenoxy) is 1. The maximum absolute atomic E-state index is 12.3. The van der Waals surface area contributed by atoms with Gasteiger partial charge < -0.3 is 14.6 Å². The van der Waals surface area contributed by atoms with Crippen LogP contribution in [0, 0.1) is 18.3 Å². The SMILES string of the molecule is [2H]C([2H])([2H])OC1(C)CCN(c2c(C#N)c(=O)[nH]c3ccc(C)nc23)CC1. The number of nitrogens with one attached hydrogen (secondary N) is 1. The number of rotatable bonds is 2. The zero-order valence-electron chi connectivity index (χ0n) is 16.1. The highest BCUT2D eigenvalue weighted by Gasteiger charge is 2.32. The number of aromatic nitrogens is 2. The Bertz CT molecular complexity index is 938. The van der Waals surface area contributed by atoms with E-state index < -0.39 is 18.2 Å². The highest BCUT2D eigenvalue weighted by molar-refractivity contribution is 5.91. The second-order valence-corrected chi connectivity index (χ2v) is 6.18. The third-order valence-corrected chi connectivity index (χ3v) is 4.47. The summed E-state index contributed by atoms with van der Waals surface area (Å²) < 4.78 is 27.3. The predicted octanol–water partition coefficient (Wildman–Crippen LogP) is 2.11. The van der Waals surface area contributed by atoms with Gasteiger partial charge in [0.25, 0.3) is 5.56 Å². The Hall–Kier alpha value is -2.39. The second kappa shape index (κ2) is 5.67. The molecule has 23 heavy (non-hydrogen) atoms. The first kappa shape index (κ1) is 12.1. The number of aromatic amines is 1. The normalized spacial score (nSPS) is 19.7.